The van der Waals surface area contributed by atoms with E-state index in [1.165, 1.54) is 0 Å². The molecule has 0 fully saturated rings. The maximum absolute atomic E-state index is 9.10. The highest BCUT2D eigenvalue weighted by molar-refractivity contribution is 9.10. The van der Waals surface area contributed by atoms with E-state index in [1.54, 1.807) is 7.11 Å². The molecule has 0 heterocycles. The third kappa shape index (κ3) is 3.19. The van der Waals surface area contributed by atoms with E-state index >= 15 is 0 Å². The van der Waals surface area contributed by atoms with Crippen LogP contribution in [0.5, 0.6) is 5.75 Å². The summed E-state index contributed by atoms with van der Waals surface area (Å²) in [6.07, 6.45) is 0.598. The number of ether oxygens (including phenoxy) is 1. The molecule has 1 aromatic carbocycles. The molecular formula is C11H16BrNO2. The van der Waals surface area contributed by atoms with Crippen LogP contribution in [0.15, 0.2) is 22.7 Å². The van der Waals surface area contributed by atoms with Crippen LogP contribution in [0.2, 0.25) is 0 Å². The molecule has 0 aromatic heterocycles. The predicted molar refractivity (Wildman–Crippen MR) is 64.1 cm³/mol. The monoisotopic (exact) mass is 273 g/mol. The summed E-state index contributed by atoms with van der Waals surface area (Å²) in [7, 11) is 1.62. The zero-order chi connectivity index (χ0) is 11.5. The first-order valence-corrected chi connectivity index (χ1v) is 5.50. The number of aliphatic hydroxyl groups is 1. The summed E-state index contributed by atoms with van der Waals surface area (Å²) in [5, 5.41) is 9.10. The Hall–Kier alpha value is -0.580. The van der Waals surface area contributed by atoms with Gasteiger partial charge in [-0.25, -0.2) is 0 Å². The second-order valence-corrected chi connectivity index (χ2v) is 4.72. The lowest BCUT2D eigenvalue weighted by Gasteiger charge is -2.22. The van der Waals surface area contributed by atoms with Gasteiger partial charge < -0.3 is 15.6 Å². The molecule has 0 aliphatic carbocycles. The molecule has 3 nitrogen and oxygen atoms in total. The molecule has 15 heavy (non-hydrogen) atoms. The Morgan fingerprint density at radius 1 is 1.53 bits per heavy atom. The molecule has 0 spiro atoms. The summed E-state index contributed by atoms with van der Waals surface area (Å²) in [6, 6.07) is 5.75. The predicted octanol–water partition coefficient (Wildman–Crippen LogP) is 1.71. The van der Waals surface area contributed by atoms with E-state index in [-0.39, 0.29) is 6.61 Å². The molecule has 0 radical (unpaired) electrons. The van der Waals surface area contributed by atoms with Crippen molar-refractivity contribution in [2.75, 3.05) is 13.7 Å². The second-order valence-electron chi connectivity index (χ2n) is 3.92. The number of benzene rings is 1. The van der Waals surface area contributed by atoms with Crippen LogP contribution in [-0.4, -0.2) is 24.4 Å². The molecule has 0 bridgehead atoms. The molecular weight excluding hydrogens is 258 g/mol. The Morgan fingerprint density at radius 2 is 2.20 bits per heavy atom. The standard InChI is InChI=1S/C11H16BrNO2/c1-11(13,7-14)6-8-4-3-5-9(15-2)10(8)12/h3-5,14H,6-7,13H2,1-2H3. The van der Waals surface area contributed by atoms with E-state index in [0.717, 1.165) is 15.8 Å². The largest absolute Gasteiger partial charge is 0.496 e. The Morgan fingerprint density at radius 3 is 2.73 bits per heavy atom. The molecule has 84 valence electrons. The summed E-state index contributed by atoms with van der Waals surface area (Å²) in [5.74, 6) is 0.779. The quantitative estimate of drug-likeness (QED) is 0.878. The number of aliphatic hydroxyl groups excluding tert-OH is 1. The average molecular weight is 274 g/mol. The number of hydrogen-bond donors (Lipinski definition) is 2. The van der Waals surface area contributed by atoms with Crippen LogP contribution in [0.4, 0.5) is 0 Å². The van der Waals surface area contributed by atoms with E-state index < -0.39 is 5.54 Å². The molecule has 4 heteroatoms. The summed E-state index contributed by atoms with van der Waals surface area (Å²) >= 11 is 3.46. The minimum atomic E-state index is -0.602. The van der Waals surface area contributed by atoms with E-state index in [0.29, 0.717) is 6.42 Å². The molecule has 1 rings (SSSR count). The molecule has 3 N–H and O–H groups in total. The fourth-order valence-corrected chi connectivity index (χ4v) is 1.91. The van der Waals surface area contributed by atoms with Crippen LogP contribution < -0.4 is 10.5 Å². The fraction of sp³-hybridized carbons (Fsp3) is 0.455. The summed E-state index contributed by atoms with van der Waals surface area (Å²) in [5.41, 5.74) is 6.33. The van der Waals surface area contributed by atoms with Gasteiger partial charge in [-0.05, 0) is 40.9 Å². The fourth-order valence-electron chi connectivity index (χ4n) is 1.34. The SMILES string of the molecule is COc1cccc(CC(C)(N)CO)c1Br. The maximum atomic E-state index is 9.10. The minimum absolute atomic E-state index is 0.0450. The van der Waals surface area contributed by atoms with Gasteiger partial charge in [0.15, 0.2) is 0 Å². The van der Waals surface area contributed by atoms with Crippen molar-refractivity contribution in [1.29, 1.82) is 0 Å². The van der Waals surface area contributed by atoms with Gasteiger partial charge >= 0.3 is 0 Å². The maximum Gasteiger partial charge on any atom is 0.133 e. The van der Waals surface area contributed by atoms with Crippen LogP contribution >= 0.6 is 15.9 Å². The number of rotatable bonds is 4. The van der Waals surface area contributed by atoms with Crippen molar-refractivity contribution in [2.24, 2.45) is 5.73 Å². The lowest BCUT2D eigenvalue weighted by molar-refractivity contribution is 0.208. The molecule has 0 saturated carbocycles. The van der Waals surface area contributed by atoms with Gasteiger partial charge in [0.1, 0.15) is 5.75 Å². The average Bonchev–Trinajstić information content (AvgIpc) is 2.21. The van der Waals surface area contributed by atoms with E-state index in [9.17, 15) is 0 Å². The number of halogens is 1. The molecule has 1 atom stereocenters. The zero-order valence-corrected chi connectivity index (χ0v) is 10.5. The van der Waals surface area contributed by atoms with Gasteiger partial charge in [0, 0.05) is 5.54 Å². The number of nitrogens with two attached hydrogens (primary N) is 1. The smallest absolute Gasteiger partial charge is 0.133 e. The van der Waals surface area contributed by atoms with Gasteiger partial charge in [-0.3, -0.25) is 0 Å². The van der Waals surface area contributed by atoms with E-state index in [2.05, 4.69) is 15.9 Å². The first kappa shape index (κ1) is 12.5. The van der Waals surface area contributed by atoms with Gasteiger partial charge in [-0.15, -0.1) is 0 Å². The summed E-state index contributed by atoms with van der Waals surface area (Å²) in [4.78, 5) is 0. The minimum Gasteiger partial charge on any atom is -0.496 e. The summed E-state index contributed by atoms with van der Waals surface area (Å²) < 4.78 is 6.08. The van der Waals surface area contributed by atoms with Crippen LogP contribution in [0.3, 0.4) is 0 Å². The molecule has 0 aliphatic rings. The van der Waals surface area contributed by atoms with Crippen LogP contribution in [-0.2, 0) is 6.42 Å². The van der Waals surface area contributed by atoms with Crippen LogP contribution in [0, 0.1) is 0 Å². The Bertz CT molecular complexity index is 339. The van der Waals surface area contributed by atoms with E-state index in [4.69, 9.17) is 15.6 Å². The summed E-state index contributed by atoms with van der Waals surface area (Å²) in [6.45, 7) is 1.77. The molecule has 1 unspecified atom stereocenters. The molecule has 0 saturated heterocycles. The van der Waals surface area contributed by atoms with Crippen molar-refractivity contribution in [3.05, 3.63) is 28.2 Å². The molecule has 0 aliphatic heterocycles. The van der Waals surface area contributed by atoms with Crippen molar-refractivity contribution in [3.8, 4) is 5.75 Å². The second kappa shape index (κ2) is 4.96. The van der Waals surface area contributed by atoms with Crippen LogP contribution in [0.1, 0.15) is 12.5 Å². The first-order valence-electron chi connectivity index (χ1n) is 4.71. The van der Waals surface area contributed by atoms with Crippen molar-refractivity contribution in [1.82, 2.24) is 0 Å². The third-order valence-corrected chi connectivity index (χ3v) is 3.12. The normalized spacial score (nSPS) is 14.7. The van der Waals surface area contributed by atoms with Gasteiger partial charge in [0.25, 0.3) is 0 Å². The van der Waals surface area contributed by atoms with Crippen LogP contribution in [0.25, 0.3) is 0 Å². The van der Waals surface area contributed by atoms with Gasteiger partial charge in [-0.2, -0.15) is 0 Å². The topological polar surface area (TPSA) is 55.5 Å². The molecule has 0 amide bonds. The number of hydrogen-bond acceptors (Lipinski definition) is 3. The first-order chi connectivity index (χ1) is 7.00. The van der Waals surface area contributed by atoms with Gasteiger partial charge in [-0.1, -0.05) is 12.1 Å². The van der Waals surface area contributed by atoms with Gasteiger partial charge in [0.2, 0.25) is 0 Å². The lowest BCUT2D eigenvalue weighted by Crippen LogP contribution is -2.42. The van der Waals surface area contributed by atoms with E-state index in [1.807, 2.05) is 25.1 Å². The lowest BCUT2D eigenvalue weighted by atomic mass is 9.95. The zero-order valence-electron chi connectivity index (χ0n) is 8.96. The molecule has 1 aromatic rings. The number of methoxy groups -OCH3 is 1. The highest BCUT2D eigenvalue weighted by Crippen LogP contribution is 2.30. The highest BCUT2D eigenvalue weighted by Gasteiger charge is 2.19. The Labute approximate surface area is 98.4 Å². The van der Waals surface area contributed by atoms with Crippen molar-refractivity contribution in [3.63, 3.8) is 0 Å². The Balaban J connectivity index is 2.95. The van der Waals surface area contributed by atoms with Crippen molar-refractivity contribution >= 4 is 15.9 Å². The highest BCUT2D eigenvalue weighted by atomic mass is 79.9. The van der Waals surface area contributed by atoms with Crippen molar-refractivity contribution < 1.29 is 9.84 Å². The third-order valence-electron chi connectivity index (χ3n) is 2.22. The van der Waals surface area contributed by atoms with Gasteiger partial charge in [0.05, 0.1) is 18.2 Å². The van der Waals surface area contributed by atoms with Crippen molar-refractivity contribution in [2.45, 2.75) is 18.9 Å². The Kier molecular flexibility index (Phi) is 4.13.